The minimum Gasteiger partial charge on any atom is -0.0654 e. The minimum absolute atomic E-state index is 0.913. The molecule has 4 saturated carbocycles. The molecule has 4 rings (SSSR count). The van der Waals surface area contributed by atoms with Gasteiger partial charge < -0.3 is 0 Å². The van der Waals surface area contributed by atoms with E-state index in [1.807, 2.05) is 0 Å². The number of fused-ring (bicyclic) bond motifs is 1. The first-order valence-corrected chi connectivity index (χ1v) is 14.8. The van der Waals surface area contributed by atoms with E-state index in [1.54, 1.807) is 38.5 Å². The molecule has 4 aliphatic carbocycles. The number of hydrogen-bond acceptors (Lipinski definition) is 0. The zero-order valence-electron chi connectivity index (χ0n) is 22.5. The van der Waals surface area contributed by atoms with Gasteiger partial charge in [0.05, 0.1) is 0 Å². The molecule has 182 valence electrons. The molecule has 0 aliphatic heterocycles. The lowest BCUT2D eigenvalue weighted by Gasteiger charge is -2.50. The SMILES string of the molecule is CC1CCC(C)C1C.CCCCC1C(C)CC2CCCC2C1C1CCC(C(C)C)CC1. The van der Waals surface area contributed by atoms with Crippen LogP contribution in [-0.2, 0) is 0 Å². The fraction of sp³-hybridized carbons (Fsp3) is 1.00. The molecule has 0 nitrogen and oxygen atoms in total. The first kappa shape index (κ1) is 25.6. The monoisotopic (exact) mass is 430 g/mol. The molecule has 31 heavy (non-hydrogen) atoms. The van der Waals surface area contributed by atoms with Gasteiger partial charge >= 0.3 is 0 Å². The molecule has 0 heterocycles. The summed E-state index contributed by atoms with van der Waals surface area (Å²) >= 11 is 0. The lowest BCUT2D eigenvalue weighted by molar-refractivity contribution is -0.00486. The molecule has 0 aromatic heterocycles. The Labute approximate surface area is 197 Å². The summed E-state index contributed by atoms with van der Waals surface area (Å²) in [6.45, 7) is 17.0. The summed E-state index contributed by atoms with van der Waals surface area (Å²) < 4.78 is 0. The molecule has 0 aromatic rings. The van der Waals surface area contributed by atoms with Gasteiger partial charge in [0.25, 0.3) is 0 Å². The van der Waals surface area contributed by atoms with Crippen molar-refractivity contribution in [1.82, 2.24) is 0 Å². The van der Waals surface area contributed by atoms with E-state index in [-0.39, 0.29) is 0 Å². The zero-order valence-corrected chi connectivity index (χ0v) is 22.5. The summed E-state index contributed by atoms with van der Waals surface area (Å²) in [5.41, 5.74) is 0. The van der Waals surface area contributed by atoms with E-state index < -0.39 is 0 Å². The standard InChI is InChI=1S/C23H42.C8H16/c1-5-6-9-21-17(4)15-20-8-7-10-22(20)23(21)19-13-11-18(12-14-19)16(2)3;1-6-4-5-7(2)8(6)3/h16-23H,5-15H2,1-4H3;6-8H,4-5H2,1-3H3. The third-order valence-corrected chi connectivity index (χ3v) is 11.2. The topological polar surface area (TPSA) is 0 Å². The third kappa shape index (κ3) is 6.32. The van der Waals surface area contributed by atoms with Crippen LogP contribution in [0.15, 0.2) is 0 Å². The van der Waals surface area contributed by atoms with Crippen molar-refractivity contribution in [1.29, 1.82) is 0 Å². The van der Waals surface area contributed by atoms with Crippen LogP contribution in [0, 0.1) is 65.1 Å². The maximum absolute atomic E-state index is 2.61. The number of hydrogen-bond donors (Lipinski definition) is 0. The van der Waals surface area contributed by atoms with Gasteiger partial charge in [-0.15, -0.1) is 0 Å². The smallest absolute Gasteiger partial charge is 0.0324 e. The molecule has 7 atom stereocenters. The van der Waals surface area contributed by atoms with Crippen LogP contribution in [0.3, 0.4) is 0 Å². The number of unbranched alkanes of at least 4 members (excludes halogenated alkanes) is 1. The van der Waals surface area contributed by atoms with E-state index in [2.05, 4.69) is 48.5 Å². The Kier molecular flexibility index (Phi) is 9.85. The largest absolute Gasteiger partial charge is 0.0654 e. The number of rotatable bonds is 5. The third-order valence-electron chi connectivity index (χ3n) is 11.2. The molecular weight excluding hydrogens is 372 g/mol. The van der Waals surface area contributed by atoms with Crippen LogP contribution >= 0.6 is 0 Å². The van der Waals surface area contributed by atoms with Crippen molar-refractivity contribution in [3.8, 4) is 0 Å². The fourth-order valence-corrected chi connectivity index (χ4v) is 8.64. The van der Waals surface area contributed by atoms with Gasteiger partial charge in [0.2, 0.25) is 0 Å². The molecule has 0 amide bonds. The Balaban J connectivity index is 0.000000287. The summed E-state index contributed by atoms with van der Waals surface area (Å²) in [4.78, 5) is 0. The van der Waals surface area contributed by atoms with Gasteiger partial charge in [0.1, 0.15) is 0 Å². The summed E-state index contributed by atoms with van der Waals surface area (Å²) in [7, 11) is 0. The second kappa shape index (κ2) is 11.9. The Morgan fingerprint density at radius 1 is 0.710 bits per heavy atom. The van der Waals surface area contributed by atoms with Gasteiger partial charge in [-0.05, 0) is 110 Å². The average Bonchev–Trinajstić information content (AvgIpc) is 3.34. The highest BCUT2D eigenvalue weighted by Gasteiger charge is 2.47. The van der Waals surface area contributed by atoms with Gasteiger partial charge in [-0.25, -0.2) is 0 Å². The van der Waals surface area contributed by atoms with Crippen LogP contribution in [0.1, 0.15) is 132 Å². The van der Waals surface area contributed by atoms with Crippen molar-refractivity contribution in [2.75, 3.05) is 0 Å². The van der Waals surface area contributed by atoms with Gasteiger partial charge in [-0.1, -0.05) is 87.0 Å². The van der Waals surface area contributed by atoms with Crippen LogP contribution in [-0.4, -0.2) is 0 Å². The van der Waals surface area contributed by atoms with Gasteiger partial charge in [-0.3, -0.25) is 0 Å². The van der Waals surface area contributed by atoms with Crippen molar-refractivity contribution < 1.29 is 0 Å². The molecule has 0 bridgehead atoms. The second-order valence-electron chi connectivity index (χ2n) is 13.3. The van der Waals surface area contributed by atoms with Crippen LogP contribution in [0.25, 0.3) is 0 Å². The van der Waals surface area contributed by atoms with Crippen LogP contribution in [0.2, 0.25) is 0 Å². The highest BCUT2D eigenvalue weighted by atomic mass is 14.5. The predicted molar refractivity (Wildman–Crippen MR) is 138 cm³/mol. The lowest BCUT2D eigenvalue weighted by atomic mass is 9.56. The van der Waals surface area contributed by atoms with Gasteiger partial charge in [0, 0.05) is 0 Å². The maximum Gasteiger partial charge on any atom is -0.0324 e. The highest BCUT2D eigenvalue weighted by molar-refractivity contribution is 4.97. The predicted octanol–water partition coefficient (Wildman–Crippen LogP) is 10.0. The van der Waals surface area contributed by atoms with Crippen LogP contribution < -0.4 is 0 Å². The lowest BCUT2D eigenvalue weighted by Crippen LogP contribution is -2.42. The molecule has 4 fully saturated rings. The van der Waals surface area contributed by atoms with E-state index in [1.165, 1.54) is 44.9 Å². The minimum atomic E-state index is 0.913. The summed E-state index contributed by atoms with van der Waals surface area (Å²) in [5.74, 6) is 11.4. The molecule has 0 saturated heterocycles. The summed E-state index contributed by atoms with van der Waals surface area (Å²) in [6.07, 6.45) is 19.8. The first-order chi connectivity index (χ1) is 14.8. The molecule has 4 aliphatic rings. The second-order valence-corrected chi connectivity index (χ2v) is 13.3. The van der Waals surface area contributed by atoms with E-state index in [0.717, 1.165) is 65.1 Å². The normalized spacial score (nSPS) is 45.3. The molecule has 0 radical (unpaired) electrons. The molecule has 0 aromatic carbocycles. The molecule has 0 N–H and O–H groups in total. The zero-order chi connectivity index (χ0) is 22.5. The fourth-order valence-electron chi connectivity index (χ4n) is 8.64. The van der Waals surface area contributed by atoms with E-state index in [9.17, 15) is 0 Å². The molecule has 7 unspecified atom stereocenters. The Bertz CT molecular complexity index is 488. The van der Waals surface area contributed by atoms with Crippen molar-refractivity contribution in [3.63, 3.8) is 0 Å². The average molecular weight is 431 g/mol. The molecular formula is C31H58. The van der Waals surface area contributed by atoms with Gasteiger partial charge in [-0.2, -0.15) is 0 Å². The van der Waals surface area contributed by atoms with Crippen molar-refractivity contribution in [3.05, 3.63) is 0 Å². The summed E-state index contributed by atoms with van der Waals surface area (Å²) in [5, 5.41) is 0. The van der Waals surface area contributed by atoms with Crippen molar-refractivity contribution in [2.45, 2.75) is 132 Å². The molecule has 0 heteroatoms. The van der Waals surface area contributed by atoms with Crippen LogP contribution in [0.5, 0.6) is 0 Å². The summed E-state index contributed by atoms with van der Waals surface area (Å²) in [6, 6.07) is 0. The van der Waals surface area contributed by atoms with E-state index in [0.29, 0.717) is 0 Å². The highest BCUT2D eigenvalue weighted by Crippen LogP contribution is 2.56. The Morgan fingerprint density at radius 3 is 1.87 bits per heavy atom. The first-order valence-electron chi connectivity index (χ1n) is 14.8. The Morgan fingerprint density at radius 2 is 1.35 bits per heavy atom. The Hall–Kier alpha value is 0. The van der Waals surface area contributed by atoms with Crippen molar-refractivity contribution >= 4 is 0 Å². The molecule has 0 spiro atoms. The van der Waals surface area contributed by atoms with E-state index in [4.69, 9.17) is 0 Å². The van der Waals surface area contributed by atoms with Crippen LogP contribution in [0.4, 0.5) is 0 Å². The maximum atomic E-state index is 2.61. The van der Waals surface area contributed by atoms with Crippen molar-refractivity contribution in [2.24, 2.45) is 65.1 Å². The quantitative estimate of drug-likeness (QED) is 0.407. The van der Waals surface area contributed by atoms with Gasteiger partial charge in [0.15, 0.2) is 0 Å². The van der Waals surface area contributed by atoms with E-state index >= 15 is 0 Å².